The molecule has 2 fully saturated rings. The van der Waals surface area contributed by atoms with Crippen molar-refractivity contribution in [1.82, 2.24) is 24.5 Å². The zero-order valence-corrected chi connectivity index (χ0v) is 15.2. The van der Waals surface area contributed by atoms with E-state index in [0.29, 0.717) is 58.0 Å². The van der Waals surface area contributed by atoms with E-state index in [-0.39, 0.29) is 11.9 Å². The number of piperazine rings is 1. The van der Waals surface area contributed by atoms with Crippen LogP contribution in [0, 0.1) is 0 Å². The number of para-hydroxylation sites is 1. The Bertz CT molecular complexity index is 793. The van der Waals surface area contributed by atoms with Crippen molar-refractivity contribution in [2.45, 2.75) is 0 Å². The molecule has 2 aliphatic rings. The summed E-state index contributed by atoms with van der Waals surface area (Å²) in [5, 5.41) is 4.29. The molecule has 1 aromatic carbocycles. The number of aromatic nitrogens is 2. The minimum Gasteiger partial charge on any atom is -0.378 e. The van der Waals surface area contributed by atoms with Crippen molar-refractivity contribution in [3.05, 3.63) is 48.3 Å². The second-order valence-corrected chi connectivity index (χ2v) is 6.67. The number of hydrogen-bond acceptors (Lipinski definition) is 4. The monoisotopic (exact) mass is 369 g/mol. The lowest BCUT2D eigenvalue weighted by molar-refractivity contribution is 0.0362. The Labute approximate surface area is 157 Å². The number of urea groups is 1. The summed E-state index contributed by atoms with van der Waals surface area (Å²) < 4.78 is 7.00. The molecule has 27 heavy (non-hydrogen) atoms. The number of ether oxygens (including phenoxy) is 1. The largest absolute Gasteiger partial charge is 0.378 e. The minimum atomic E-state index is -0.0457. The smallest absolute Gasteiger partial charge is 0.320 e. The molecule has 8 heteroatoms. The summed E-state index contributed by atoms with van der Waals surface area (Å²) in [5.74, 6) is -0.0457. The number of carbonyl (C=O) groups is 2. The summed E-state index contributed by atoms with van der Waals surface area (Å²) in [4.78, 5) is 30.7. The Hall–Kier alpha value is -2.87. The van der Waals surface area contributed by atoms with Crippen molar-refractivity contribution >= 4 is 11.9 Å². The van der Waals surface area contributed by atoms with Crippen LogP contribution in [0.5, 0.6) is 0 Å². The van der Waals surface area contributed by atoms with Crippen molar-refractivity contribution in [1.29, 1.82) is 0 Å². The van der Waals surface area contributed by atoms with Gasteiger partial charge >= 0.3 is 6.03 Å². The number of nitrogens with zero attached hydrogens (tertiary/aromatic N) is 5. The average Bonchev–Trinajstić information content (AvgIpc) is 3.24. The van der Waals surface area contributed by atoms with Gasteiger partial charge in [0.2, 0.25) is 0 Å². The molecule has 8 nitrogen and oxygen atoms in total. The molecule has 0 N–H and O–H groups in total. The van der Waals surface area contributed by atoms with E-state index in [0.717, 1.165) is 5.69 Å². The van der Waals surface area contributed by atoms with Crippen molar-refractivity contribution in [2.75, 3.05) is 52.5 Å². The van der Waals surface area contributed by atoms with E-state index in [9.17, 15) is 9.59 Å². The number of morpholine rings is 1. The van der Waals surface area contributed by atoms with Crippen LogP contribution in [0.3, 0.4) is 0 Å². The normalized spacial score (nSPS) is 17.9. The Kier molecular flexibility index (Phi) is 5.06. The van der Waals surface area contributed by atoms with Crippen molar-refractivity contribution in [3.63, 3.8) is 0 Å². The van der Waals surface area contributed by atoms with E-state index in [1.807, 2.05) is 40.1 Å². The standard InChI is InChI=1S/C19H23N5O3/c25-18(16-14-20-24(15-16)17-4-2-1-3-5-17)21-6-8-22(9-7-21)19(26)23-10-12-27-13-11-23/h1-5,14-15H,6-13H2. The molecule has 0 atom stereocenters. The zero-order chi connectivity index (χ0) is 18.6. The van der Waals surface area contributed by atoms with Gasteiger partial charge in [0.15, 0.2) is 0 Å². The summed E-state index contributed by atoms with van der Waals surface area (Å²) in [6, 6.07) is 9.74. The van der Waals surface area contributed by atoms with Gasteiger partial charge in [-0.3, -0.25) is 4.79 Å². The molecule has 0 spiro atoms. The maximum atomic E-state index is 12.8. The summed E-state index contributed by atoms with van der Waals surface area (Å²) in [7, 11) is 0. The molecule has 142 valence electrons. The molecule has 1 aromatic heterocycles. The van der Waals surface area contributed by atoms with Gasteiger partial charge in [-0.2, -0.15) is 5.10 Å². The maximum Gasteiger partial charge on any atom is 0.320 e. The number of rotatable bonds is 2. The number of benzene rings is 1. The molecule has 3 amide bonds. The number of amides is 3. The van der Waals surface area contributed by atoms with Gasteiger partial charge in [0, 0.05) is 45.5 Å². The van der Waals surface area contributed by atoms with E-state index < -0.39 is 0 Å². The highest BCUT2D eigenvalue weighted by Crippen LogP contribution is 2.13. The van der Waals surface area contributed by atoms with Gasteiger partial charge in [-0.15, -0.1) is 0 Å². The van der Waals surface area contributed by atoms with Gasteiger partial charge in [0.25, 0.3) is 5.91 Å². The first-order valence-electron chi connectivity index (χ1n) is 9.23. The third kappa shape index (κ3) is 3.80. The molecule has 0 aliphatic carbocycles. The van der Waals surface area contributed by atoms with Crippen LogP contribution in [0.15, 0.2) is 42.7 Å². The molecule has 2 aromatic rings. The molecule has 0 bridgehead atoms. The van der Waals surface area contributed by atoms with Crippen molar-refractivity contribution in [2.24, 2.45) is 0 Å². The Morgan fingerprint density at radius 3 is 2.19 bits per heavy atom. The molecule has 0 saturated carbocycles. The molecule has 4 rings (SSSR count). The van der Waals surface area contributed by atoms with Crippen molar-refractivity contribution in [3.8, 4) is 5.69 Å². The fourth-order valence-electron chi connectivity index (χ4n) is 3.39. The van der Waals surface area contributed by atoms with Gasteiger partial charge in [-0.25, -0.2) is 9.48 Å². The summed E-state index contributed by atoms with van der Waals surface area (Å²) >= 11 is 0. The van der Waals surface area contributed by atoms with Crippen LogP contribution in [0.25, 0.3) is 5.69 Å². The van der Waals surface area contributed by atoms with Gasteiger partial charge in [0.05, 0.1) is 30.7 Å². The van der Waals surface area contributed by atoms with Crippen LogP contribution >= 0.6 is 0 Å². The van der Waals surface area contributed by atoms with Crippen LogP contribution in [0.2, 0.25) is 0 Å². The molecule has 0 unspecified atom stereocenters. The minimum absolute atomic E-state index is 0.0438. The van der Waals surface area contributed by atoms with Crippen LogP contribution in [0.1, 0.15) is 10.4 Å². The van der Waals surface area contributed by atoms with Crippen LogP contribution in [-0.4, -0.2) is 88.9 Å². The second-order valence-electron chi connectivity index (χ2n) is 6.67. The quantitative estimate of drug-likeness (QED) is 0.794. The van der Waals surface area contributed by atoms with Crippen LogP contribution in [0.4, 0.5) is 4.79 Å². The van der Waals surface area contributed by atoms with E-state index in [1.165, 1.54) is 0 Å². The molecular weight excluding hydrogens is 346 g/mol. The number of carbonyl (C=O) groups excluding carboxylic acids is 2. The van der Waals surface area contributed by atoms with Gasteiger partial charge in [-0.1, -0.05) is 18.2 Å². The first-order valence-corrected chi connectivity index (χ1v) is 9.23. The lowest BCUT2D eigenvalue weighted by atomic mass is 10.2. The van der Waals surface area contributed by atoms with E-state index in [1.54, 1.807) is 22.0 Å². The maximum absolute atomic E-state index is 12.8. The van der Waals surface area contributed by atoms with Gasteiger partial charge < -0.3 is 19.4 Å². The third-order valence-corrected chi connectivity index (χ3v) is 4.97. The first-order chi connectivity index (χ1) is 13.2. The van der Waals surface area contributed by atoms with Gasteiger partial charge in [0.1, 0.15) is 0 Å². The molecule has 3 heterocycles. The van der Waals surface area contributed by atoms with E-state index in [2.05, 4.69) is 5.10 Å². The predicted molar refractivity (Wildman–Crippen MR) is 98.8 cm³/mol. The highest BCUT2D eigenvalue weighted by Gasteiger charge is 2.28. The fraction of sp³-hybridized carbons (Fsp3) is 0.421. The molecule has 0 radical (unpaired) electrons. The third-order valence-electron chi connectivity index (χ3n) is 4.97. The van der Waals surface area contributed by atoms with Crippen LogP contribution < -0.4 is 0 Å². The van der Waals surface area contributed by atoms with E-state index >= 15 is 0 Å². The number of hydrogen-bond donors (Lipinski definition) is 0. The topological polar surface area (TPSA) is 70.9 Å². The lowest BCUT2D eigenvalue weighted by Crippen LogP contribution is -2.55. The molecular formula is C19H23N5O3. The summed E-state index contributed by atoms with van der Waals surface area (Å²) in [6.07, 6.45) is 3.35. The first kappa shape index (κ1) is 17.5. The SMILES string of the molecule is O=C(c1cnn(-c2ccccc2)c1)N1CCN(C(=O)N2CCOCC2)CC1. The van der Waals surface area contributed by atoms with Crippen molar-refractivity contribution < 1.29 is 14.3 Å². The highest BCUT2D eigenvalue weighted by molar-refractivity contribution is 5.94. The lowest BCUT2D eigenvalue weighted by Gasteiger charge is -2.38. The van der Waals surface area contributed by atoms with Gasteiger partial charge in [-0.05, 0) is 12.1 Å². The highest BCUT2D eigenvalue weighted by atomic mass is 16.5. The summed E-state index contributed by atoms with van der Waals surface area (Å²) in [5.41, 5.74) is 1.48. The predicted octanol–water partition coefficient (Wildman–Crippen LogP) is 1.08. The zero-order valence-electron chi connectivity index (χ0n) is 15.2. The second kappa shape index (κ2) is 7.79. The Balaban J connectivity index is 1.35. The molecule has 2 aliphatic heterocycles. The average molecular weight is 369 g/mol. The van der Waals surface area contributed by atoms with E-state index in [4.69, 9.17) is 4.74 Å². The Morgan fingerprint density at radius 2 is 1.48 bits per heavy atom. The molecule has 2 saturated heterocycles. The fourth-order valence-corrected chi connectivity index (χ4v) is 3.39. The summed E-state index contributed by atoms with van der Waals surface area (Å²) in [6.45, 7) is 4.62. The Morgan fingerprint density at radius 1 is 0.852 bits per heavy atom. The van der Waals surface area contributed by atoms with Crippen LogP contribution in [-0.2, 0) is 4.74 Å².